The van der Waals surface area contributed by atoms with Crippen molar-refractivity contribution in [2.75, 3.05) is 0 Å². The molecule has 0 aliphatic rings. The normalized spacial score (nSPS) is 14.8. The Labute approximate surface area is 120 Å². The predicted molar refractivity (Wildman–Crippen MR) is 84.4 cm³/mol. The number of unbranched alkanes of at least 4 members (excludes halogenated alkanes) is 1. The first-order valence-electron chi connectivity index (χ1n) is 7.75. The summed E-state index contributed by atoms with van der Waals surface area (Å²) in [6, 6.07) is -0.00726. The lowest BCUT2D eigenvalue weighted by molar-refractivity contribution is -0.129. The van der Waals surface area contributed by atoms with E-state index < -0.39 is 0 Å². The van der Waals surface area contributed by atoms with Crippen molar-refractivity contribution in [1.29, 1.82) is 0 Å². The fourth-order valence-electron chi connectivity index (χ4n) is 2.22. The second-order valence-electron chi connectivity index (χ2n) is 8.24. The minimum atomic E-state index is -0.263. The third-order valence-corrected chi connectivity index (χ3v) is 3.19. The van der Waals surface area contributed by atoms with Crippen LogP contribution in [0.2, 0.25) is 0 Å². The summed E-state index contributed by atoms with van der Waals surface area (Å²) in [5.41, 5.74) is -0.273. The van der Waals surface area contributed by atoms with Crippen molar-refractivity contribution in [2.24, 2.45) is 11.3 Å². The van der Waals surface area contributed by atoms with E-state index in [0.29, 0.717) is 5.78 Å². The minimum absolute atomic E-state index is 0.00726. The van der Waals surface area contributed by atoms with Crippen molar-refractivity contribution in [1.82, 2.24) is 5.32 Å². The Hall–Kier alpha value is -0.370. The molecule has 0 saturated carbocycles. The van der Waals surface area contributed by atoms with Crippen LogP contribution in [0.25, 0.3) is 0 Å². The van der Waals surface area contributed by atoms with E-state index in [2.05, 4.69) is 39.9 Å². The number of rotatable bonds is 7. The highest BCUT2D eigenvalue weighted by Gasteiger charge is 2.31. The predicted octanol–water partition coefficient (Wildman–Crippen LogP) is 4.57. The van der Waals surface area contributed by atoms with E-state index >= 15 is 0 Å². The van der Waals surface area contributed by atoms with Gasteiger partial charge in [0.15, 0.2) is 5.78 Å². The summed E-state index contributed by atoms with van der Waals surface area (Å²) in [6.45, 7) is 16.9. The van der Waals surface area contributed by atoms with Crippen molar-refractivity contribution >= 4 is 5.78 Å². The maximum Gasteiger partial charge on any atom is 0.155 e. The van der Waals surface area contributed by atoms with Gasteiger partial charge >= 0.3 is 0 Å². The van der Waals surface area contributed by atoms with E-state index in [-0.39, 0.29) is 17.0 Å². The van der Waals surface area contributed by atoms with Crippen LogP contribution >= 0.6 is 0 Å². The average Bonchev–Trinajstić information content (AvgIpc) is 2.18. The molecular formula is C17H35NO. The van der Waals surface area contributed by atoms with Crippen LogP contribution in [-0.4, -0.2) is 17.4 Å². The molecule has 1 atom stereocenters. The lowest BCUT2D eigenvalue weighted by Gasteiger charge is -2.32. The van der Waals surface area contributed by atoms with Crippen LogP contribution in [0.5, 0.6) is 0 Å². The van der Waals surface area contributed by atoms with E-state index in [9.17, 15) is 4.79 Å². The molecule has 0 rings (SSSR count). The van der Waals surface area contributed by atoms with Crippen LogP contribution < -0.4 is 5.32 Å². The maximum atomic E-state index is 12.5. The van der Waals surface area contributed by atoms with Crippen molar-refractivity contribution < 1.29 is 4.79 Å². The fraction of sp³-hybridized carbons (Fsp3) is 0.941. The van der Waals surface area contributed by atoms with Gasteiger partial charge < -0.3 is 5.32 Å². The molecule has 0 bridgehead atoms. The molecule has 2 heteroatoms. The van der Waals surface area contributed by atoms with Crippen LogP contribution in [-0.2, 0) is 4.79 Å². The van der Waals surface area contributed by atoms with Gasteiger partial charge in [-0.15, -0.1) is 0 Å². The van der Waals surface area contributed by atoms with Gasteiger partial charge in [0.2, 0.25) is 0 Å². The Bertz CT molecular complexity index is 268. The molecule has 0 spiro atoms. The first-order valence-corrected chi connectivity index (χ1v) is 7.75. The van der Waals surface area contributed by atoms with Gasteiger partial charge in [-0.25, -0.2) is 0 Å². The molecule has 0 radical (unpaired) electrons. The maximum absolute atomic E-state index is 12.5. The van der Waals surface area contributed by atoms with Crippen LogP contribution in [0, 0.1) is 11.3 Å². The van der Waals surface area contributed by atoms with Crippen molar-refractivity contribution in [3.8, 4) is 0 Å². The summed E-state index contributed by atoms with van der Waals surface area (Å²) >= 11 is 0. The smallest absolute Gasteiger partial charge is 0.155 e. The van der Waals surface area contributed by atoms with Gasteiger partial charge in [0.05, 0.1) is 6.04 Å². The molecule has 0 aromatic heterocycles. The molecule has 0 aliphatic carbocycles. The van der Waals surface area contributed by atoms with E-state index in [0.717, 1.165) is 18.8 Å². The van der Waals surface area contributed by atoms with Crippen LogP contribution in [0.1, 0.15) is 81.1 Å². The Balaban J connectivity index is 4.48. The first-order chi connectivity index (χ1) is 8.43. The fourth-order valence-corrected chi connectivity index (χ4v) is 2.22. The van der Waals surface area contributed by atoms with Gasteiger partial charge in [0.25, 0.3) is 0 Å². The third-order valence-electron chi connectivity index (χ3n) is 3.19. The lowest BCUT2D eigenvalue weighted by Crippen LogP contribution is -2.50. The summed E-state index contributed by atoms with van der Waals surface area (Å²) in [6.07, 6.45) is 4.57. The zero-order valence-corrected chi connectivity index (χ0v) is 14.4. The molecule has 2 nitrogen and oxygen atoms in total. The summed E-state index contributed by atoms with van der Waals surface area (Å²) in [7, 11) is 0. The van der Waals surface area contributed by atoms with Gasteiger partial charge in [-0.2, -0.15) is 0 Å². The zero-order valence-electron chi connectivity index (χ0n) is 14.4. The Morgan fingerprint density at radius 2 is 1.42 bits per heavy atom. The number of Topliss-reactive ketones (excluding diaryl/α,β-unsaturated/α-hetero) is 1. The van der Waals surface area contributed by atoms with Crippen LogP contribution in [0.4, 0.5) is 0 Å². The molecule has 19 heavy (non-hydrogen) atoms. The zero-order chi connectivity index (χ0) is 15.3. The Morgan fingerprint density at radius 1 is 0.947 bits per heavy atom. The van der Waals surface area contributed by atoms with Crippen molar-refractivity contribution in [3.63, 3.8) is 0 Å². The largest absolute Gasteiger partial charge is 0.303 e. The van der Waals surface area contributed by atoms with Crippen LogP contribution in [0.3, 0.4) is 0 Å². The standard InChI is InChI=1S/C17H35NO/c1-13(2)11-9-10-12-14(18-17(6,7)8)15(19)16(3,4)5/h13-14,18H,9-12H2,1-8H3. The van der Waals surface area contributed by atoms with E-state index in [1.807, 2.05) is 20.8 Å². The second kappa shape index (κ2) is 7.42. The van der Waals surface area contributed by atoms with Gasteiger partial charge in [-0.1, -0.05) is 53.9 Å². The van der Waals surface area contributed by atoms with E-state index in [1.54, 1.807) is 0 Å². The third kappa shape index (κ3) is 9.21. The minimum Gasteiger partial charge on any atom is -0.303 e. The van der Waals surface area contributed by atoms with E-state index in [4.69, 9.17) is 0 Å². The number of carbonyl (C=O) groups is 1. The van der Waals surface area contributed by atoms with Crippen molar-refractivity contribution in [2.45, 2.75) is 92.7 Å². The Kier molecular flexibility index (Phi) is 7.28. The highest BCUT2D eigenvalue weighted by atomic mass is 16.1. The number of nitrogens with one attached hydrogen (secondary N) is 1. The molecule has 1 N–H and O–H groups in total. The van der Waals surface area contributed by atoms with Crippen molar-refractivity contribution in [3.05, 3.63) is 0 Å². The Morgan fingerprint density at radius 3 is 1.79 bits per heavy atom. The number of carbonyl (C=O) groups excluding carboxylic acids is 1. The lowest BCUT2D eigenvalue weighted by atomic mass is 9.83. The topological polar surface area (TPSA) is 29.1 Å². The molecule has 0 aromatic carbocycles. The second-order valence-corrected chi connectivity index (χ2v) is 8.24. The molecule has 0 saturated heterocycles. The number of hydrogen-bond acceptors (Lipinski definition) is 2. The molecule has 114 valence electrons. The summed E-state index contributed by atoms with van der Waals surface area (Å²) < 4.78 is 0. The van der Waals surface area contributed by atoms with Gasteiger partial charge in [0, 0.05) is 11.0 Å². The van der Waals surface area contributed by atoms with Gasteiger partial charge in [0.1, 0.15) is 0 Å². The van der Waals surface area contributed by atoms with Gasteiger partial charge in [-0.3, -0.25) is 4.79 Å². The molecule has 0 fully saturated rings. The van der Waals surface area contributed by atoms with Gasteiger partial charge in [-0.05, 0) is 33.1 Å². The van der Waals surface area contributed by atoms with E-state index in [1.165, 1.54) is 12.8 Å². The average molecular weight is 269 g/mol. The molecule has 0 aromatic rings. The molecule has 0 heterocycles. The quantitative estimate of drug-likeness (QED) is 0.686. The highest BCUT2D eigenvalue weighted by Crippen LogP contribution is 2.21. The molecule has 1 unspecified atom stereocenters. The number of ketones is 1. The summed E-state index contributed by atoms with van der Waals surface area (Å²) in [5, 5.41) is 3.50. The van der Waals surface area contributed by atoms with Crippen LogP contribution in [0.15, 0.2) is 0 Å². The molecule has 0 amide bonds. The summed E-state index contributed by atoms with van der Waals surface area (Å²) in [4.78, 5) is 12.5. The molecular weight excluding hydrogens is 234 g/mol. The SMILES string of the molecule is CC(C)CCCCC(NC(C)(C)C)C(=O)C(C)(C)C. The first kappa shape index (κ1) is 18.6. The summed E-state index contributed by atoms with van der Waals surface area (Å²) in [5.74, 6) is 1.10. The monoisotopic (exact) mass is 269 g/mol. The highest BCUT2D eigenvalue weighted by molar-refractivity contribution is 5.88. The molecule has 0 aliphatic heterocycles. The number of hydrogen-bond donors (Lipinski definition) is 1.